The maximum Gasteiger partial charge on any atom is 0.230 e. The van der Waals surface area contributed by atoms with Crippen LogP contribution in [0.4, 0.5) is 8.78 Å². The summed E-state index contributed by atoms with van der Waals surface area (Å²) < 4.78 is 30.0. The Kier molecular flexibility index (Phi) is 4.69. The Morgan fingerprint density at radius 1 is 1.38 bits per heavy atom. The molecule has 2 aromatic rings. The number of fused-ring (bicyclic) bond motifs is 1. The molecule has 5 nitrogen and oxygen atoms in total. The number of thioether (sulfide) groups is 1. The van der Waals surface area contributed by atoms with Crippen LogP contribution in [0, 0.1) is 17.7 Å². The van der Waals surface area contributed by atoms with Crippen molar-refractivity contribution in [3.63, 3.8) is 0 Å². The Balaban J connectivity index is 1.37. The molecule has 0 radical (unpaired) electrons. The number of likely N-dealkylation sites (tertiary alicyclic amines) is 1. The molecular weight excluding hydrogens is 394 g/mol. The van der Waals surface area contributed by atoms with Crippen molar-refractivity contribution in [3.8, 4) is 0 Å². The molecule has 0 spiro atoms. The summed E-state index contributed by atoms with van der Waals surface area (Å²) in [5.74, 6) is -0.0405. The molecule has 1 saturated heterocycles. The maximum absolute atomic E-state index is 15.8. The molecule has 2 fully saturated rings. The predicted octanol–water partition coefficient (Wildman–Crippen LogP) is 3.91. The molecular formula is C21H22F2N4OS. The van der Waals surface area contributed by atoms with Crippen LogP contribution in [-0.2, 0) is 10.5 Å². The summed E-state index contributed by atoms with van der Waals surface area (Å²) in [5, 5.41) is 6.76. The molecule has 8 heteroatoms. The van der Waals surface area contributed by atoms with E-state index in [-0.39, 0.29) is 42.3 Å². The van der Waals surface area contributed by atoms with Crippen LogP contribution in [0.3, 0.4) is 0 Å². The first-order valence-corrected chi connectivity index (χ1v) is 11.0. The third-order valence-corrected chi connectivity index (χ3v) is 7.58. The molecule has 1 aliphatic carbocycles. The summed E-state index contributed by atoms with van der Waals surface area (Å²) >= 11 is 1.64. The molecule has 4 unspecified atom stereocenters. The monoisotopic (exact) mass is 416 g/mol. The molecule has 5 rings (SSSR count). The molecule has 0 bridgehead atoms. The number of aromatic nitrogens is 3. The summed E-state index contributed by atoms with van der Waals surface area (Å²) in [6.45, 7) is 0.636. The van der Waals surface area contributed by atoms with Gasteiger partial charge in [0.05, 0.1) is 12.1 Å². The summed E-state index contributed by atoms with van der Waals surface area (Å²) in [6.07, 6.45) is 9.06. The second kappa shape index (κ2) is 7.23. The third kappa shape index (κ3) is 3.27. The Labute approximate surface area is 172 Å². The van der Waals surface area contributed by atoms with Gasteiger partial charge < -0.3 is 4.90 Å². The summed E-state index contributed by atoms with van der Waals surface area (Å²) in [6, 6.07) is 2.54. The maximum atomic E-state index is 15.8. The second-order valence-corrected chi connectivity index (χ2v) is 9.21. The van der Waals surface area contributed by atoms with E-state index in [1.165, 1.54) is 18.3 Å². The van der Waals surface area contributed by atoms with Crippen LogP contribution < -0.4 is 0 Å². The molecule has 1 amide bonds. The first-order chi connectivity index (χ1) is 14.0. The number of alkyl halides is 1. The van der Waals surface area contributed by atoms with Crippen LogP contribution in [0.1, 0.15) is 36.9 Å². The highest BCUT2D eigenvalue weighted by atomic mass is 32.2. The normalized spacial score (nSPS) is 31.6. The van der Waals surface area contributed by atoms with Crippen LogP contribution >= 0.6 is 11.8 Å². The van der Waals surface area contributed by atoms with Gasteiger partial charge in [0, 0.05) is 47.6 Å². The van der Waals surface area contributed by atoms with Crippen molar-refractivity contribution in [2.45, 2.75) is 37.4 Å². The fourth-order valence-electron chi connectivity index (χ4n) is 5.04. The number of amides is 1. The van der Waals surface area contributed by atoms with Gasteiger partial charge in [0.15, 0.2) is 5.67 Å². The first-order valence-electron chi connectivity index (χ1n) is 9.99. The van der Waals surface area contributed by atoms with Gasteiger partial charge in [0.1, 0.15) is 11.5 Å². The van der Waals surface area contributed by atoms with Crippen LogP contribution in [-0.4, -0.2) is 44.3 Å². The number of pyridine rings is 1. The fourth-order valence-corrected chi connectivity index (χ4v) is 6.18. The Morgan fingerprint density at radius 2 is 2.28 bits per heavy atom. The number of H-pyrrole nitrogens is 1. The minimum absolute atomic E-state index is 0.0467. The lowest BCUT2D eigenvalue weighted by Crippen LogP contribution is -2.48. The zero-order valence-electron chi connectivity index (χ0n) is 15.9. The molecule has 1 saturated carbocycles. The standard InChI is InChI=1S/C21H22F2N4OS/c22-16-4-1-5-24-19(16)21(23)8-13-3-2-6-27(17(13)9-21)20(28)14-7-18(29-12-14)15-10-25-26-11-15/h1,4-5,7,10-11,13-14,17H,2-3,6,8-9,12H2,(H,25,26). The highest BCUT2D eigenvalue weighted by Crippen LogP contribution is 2.51. The minimum Gasteiger partial charge on any atom is -0.339 e. The van der Waals surface area contributed by atoms with E-state index in [4.69, 9.17) is 0 Å². The number of nitrogens with zero attached hydrogens (tertiary/aromatic N) is 3. The van der Waals surface area contributed by atoms with Gasteiger partial charge in [-0.25, -0.2) is 8.78 Å². The highest BCUT2D eigenvalue weighted by Gasteiger charge is 2.53. The molecule has 4 heterocycles. The van der Waals surface area contributed by atoms with E-state index in [2.05, 4.69) is 15.2 Å². The van der Waals surface area contributed by atoms with Crippen molar-refractivity contribution < 1.29 is 13.6 Å². The van der Waals surface area contributed by atoms with E-state index < -0.39 is 11.5 Å². The first kappa shape index (κ1) is 18.8. The fraction of sp³-hybridized carbons (Fsp3) is 0.476. The van der Waals surface area contributed by atoms with Gasteiger partial charge in [0.2, 0.25) is 5.91 Å². The number of piperidine rings is 1. The molecule has 3 aliphatic rings. The lowest BCUT2D eigenvalue weighted by Gasteiger charge is -2.38. The molecule has 2 aliphatic heterocycles. The predicted molar refractivity (Wildman–Crippen MR) is 107 cm³/mol. The van der Waals surface area contributed by atoms with E-state index in [1.807, 2.05) is 17.2 Å². The van der Waals surface area contributed by atoms with Gasteiger partial charge in [-0.2, -0.15) is 5.10 Å². The average Bonchev–Trinajstić information content (AvgIpc) is 3.46. The number of carbonyl (C=O) groups is 1. The summed E-state index contributed by atoms with van der Waals surface area (Å²) in [5.41, 5.74) is -0.942. The molecule has 29 heavy (non-hydrogen) atoms. The smallest absolute Gasteiger partial charge is 0.230 e. The number of carbonyl (C=O) groups excluding carboxylic acids is 1. The van der Waals surface area contributed by atoms with Crippen molar-refractivity contribution in [1.82, 2.24) is 20.1 Å². The minimum atomic E-state index is -1.81. The number of rotatable bonds is 3. The van der Waals surface area contributed by atoms with Crippen molar-refractivity contribution in [3.05, 3.63) is 53.9 Å². The van der Waals surface area contributed by atoms with E-state index in [1.54, 1.807) is 18.0 Å². The van der Waals surface area contributed by atoms with Gasteiger partial charge in [-0.3, -0.25) is 14.9 Å². The number of aromatic amines is 1. The van der Waals surface area contributed by atoms with Gasteiger partial charge in [-0.15, -0.1) is 11.8 Å². The van der Waals surface area contributed by atoms with Crippen molar-refractivity contribution >= 4 is 22.6 Å². The SMILES string of the molecule is O=C(C1C=C(c2cn[nH]c2)SC1)N1CCCC2CC(F)(c3ncccc3F)CC21. The number of nitrogens with one attached hydrogen (secondary N) is 1. The van der Waals surface area contributed by atoms with E-state index >= 15 is 4.39 Å². The Bertz CT molecular complexity index is 950. The Morgan fingerprint density at radius 3 is 3.07 bits per heavy atom. The topological polar surface area (TPSA) is 61.9 Å². The molecule has 1 N–H and O–H groups in total. The quantitative estimate of drug-likeness (QED) is 0.824. The van der Waals surface area contributed by atoms with Gasteiger partial charge in [-0.05, 0) is 37.3 Å². The lowest BCUT2D eigenvalue weighted by atomic mass is 9.90. The van der Waals surface area contributed by atoms with E-state index in [0.717, 1.165) is 23.3 Å². The van der Waals surface area contributed by atoms with Gasteiger partial charge >= 0.3 is 0 Å². The zero-order valence-corrected chi connectivity index (χ0v) is 16.7. The van der Waals surface area contributed by atoms with Crippen molar-refractivity contribution in [1.29, 1.82) is 0 Å². The van der Waals surface area contributed by atoms with Gasteiger partial charge in [0.25, 0.3) is 0 Å². The molecule has 0 aromatic carbocycles. The molecule has 152 valence electrons. The van der Waals surface area contributed by atoms with E-state index in [9.17, 15) is 9.18 Å². The second-order valence-electron chi connectivity index (χ2n) is 8.14. The lowest BCUT2D eigenvalue weighted by molar-refractivity contribution is -0.138. The number of hydrogen-bond acceptors (Lipinski definition) is 4. The van der Waals surface area contributed by atoms with Crippen LogP contribution in [0.2, 0.25) is 0 Å². The van der Waals surface area contributed by atoms with Crippen molar-refractivity contribution in [2.24, 2.45) is 11.8 Å². The zero-order chi connectivity index (χ0) is 20.0. The largest absolute Gasteiger partial charge is 0.339 e. The number of halogens is 2. The van der Waals surface area contributed by atoms with Crippen LogP contribution in [0.15, 0.2) is 36.8 Å². The van der Waals surface area contributed by atoms with Gasteiger partial charge in [-0.1, -0.05) is 6.08 Å². The van der Waals surface area contributed by atoms with E-state index in [0.29, 0.717) is 12.3 Å². The average molecular weight is 416 g/mol. The third-order valence-electron chi connectivity index (χ3n) is 6.37. The molecule has 4 atom stereocenters. The van der Waals surface area contributed by atoms with Crippen LogP contribution in [0.25, 0.3) is 4.91 Å². The Hall–Kier alpha value is -2.22. The highest BCUT2D eigenvalue weighted by molar-refractivity contribution is 8.08. The molecule has 2 aromatic heterocycles. The summed E-state index contributed by atoms with van der Waals surface area (Å²) in [4.78, 5) is 20.2. The van der Waals surface area contributed by atoms with Crippen LogP contribution in [0.5, 0.6) is 0 Å². The summed E-state index contributed by atoms with van der Waals surface area (Å²) in [7, 11) is 0. The number of hydrogen-bond donors (Lipinski definition) is 1. The van der Waals surface area contributed by atoms with Crippen molar-refractivity contribution in [2.75, 3.05) is 12.3 Å².